The molecule has 3 heteroatoms. The van der Waals surface area contributed by atoms with Crippen LogP contribution < -0.4 is 9.06 Å². The van der Waals surface area contributed by atoms with Gasteiger partial charge in [-0.1, -0.05) is 12.1 Å². The zero-order valence-electron chi connectivity index (χ0n) is 9.00. The van der Waals surface area contributed by atoms with Gasteiger partial charge in [0.2, 0.25) is 0 Å². The Morgan fingerprint density at radius 2 is 1.24 bits per heavy atom. The van der Waals surface area contributed by atoms with Gasteiger partial charge in [0.15, 0.2) is 0 Å². The lowest BCUT2D eigenvalue weighted by Crippen LogP contribution is -1.91. The van der Waals surface area contributed by atoms with E-state index in [1.807, 2.05) is 11.3 Å². The third-order valence-electron chi connectivity index (χ3n) is 2.30. The molecule has 84 valence electrons. The lowest BCUT2D eigenvalue weighted by Gasteiger charge is -1.79. The van der Waals surface area contributed by atoms with Gasteiger partial charge in [-0.2, -0.15) is 0 Å². The highest BCUT2D eigenvalue weighted by Crippen LogP contribution is 2.10. The molecule has 0 aliphatic carbocycles. The standard InChI is InChI=1S/C14H10S3/c1-3-11(15-7-1)9-13-5-6-14(17-13)10-12-4-2-8-16-12/h1-10H/b13-9+,14-10+. The Balaban J connectivity index is 1.99. The Morgan fingerprint density at radius 3 is 1.65 bits per heavy atom. The minimum Gasteiger partial charge on any atom is -0.144 e. The maximum Gasteiger partial charge on any atom is 0.0290 e. The molecule has 17 heavy (non-hydrogen) atoms. The van der Waals surface area contributed by atoms with E-state index < -0.39 is 0 Å². The van der Waals surface area contributed by atoms with Crippen LogP contribution in [0.1, 0.15) is 9.75 Å². The van der Waals surface area contributed by atoms with E-state index in [4.69, 9.17) is 0 Å². The minimum absolute atomic E-state index is 1.31. The van der Waals surface area contributed by atoms with Gasteiger partial charge in [-0.15, -0.1) is 34.0 Å². The van der Waals surface area contributed by atoms with Gasteiger partial charge in [-0.3, -0.25) is 0 Å². The summed E-state index contributed by atoms with van der Waals surface area (Å²) in [6.45, 7) is 0. The van der Waals surface area contributed by atoms with Crippen LogP contribution in [-0.4, -0.2) is 0 Å². The van der Waals surface area contributed by atoms with Crippen molar-refractivity contribution in [3.63, 3.8) is 0 Å². The monoisotopic (exact) mass is 274 g/mol. The second-order valence-corrected chi connectivity index (χ2v) is 6.67. The van der Waals surface area contributed by atoms with Crippen LogP contribution >= 0.6 is 34.0 Å². The van der Waals surface area contributed by atoms with Crippen molar-refractivity contribution in [2.45, 2.75) is 0 Å². The summed E-state index contributed by atoms with van der Waals surface area (Å²) in [6, 6.07) is 12.8. The molecule has 0 nitrogen and oxygen atoms in total. The Hall–Kier alpha value is -1.16. The molecular formula is C14H10S3. The zero-order valence-corrected chi connectivity index (χ0v) is 11.4. The molecule has 0 saturated heterocycles. The van der Waals surface area contributed by atoms with Gasteiger partial charge in [0.1, 0.15) is 0 Å². The van der Waals surface area contributed by atoms with Crippen LogP contribution in [0.25, 0.3) is 12.2 Å². The van der Waals surface area contributed by atoms with Crippen molar-refractivity contribution in [1.82, 2.24) is 0 Å². The summed E-state index contributed by atoms with van der Waals surface area (Å²) < 4.78 is 2.63. The molecule has 0 saturated carbocycles. The van der Waals surface area contributed by atoms with Crippen LogP contribution in [0.15, 0.2) is 47.2 Å². The molecule has 3 aromatic heterocycles. The fourth-order valence-electron chi connectivity index (χ4n) is 1.55. The first-order valence-electron chi connectivity index (χ1n) is 5.26. The van der Waals surface area contributed by atoms with Crippen molar-refractivity contribution in [3.05, 3.63) is 66.0 Å². The molecule has 0 unspecified atom stereocenters. The van der Waals surface area contributed by atoms with Crippen molar-refractivity contribution >= 4 is 46.2 Å². The van der Waals surface area contributed by atoms with E-state index in [0.717, 1.165) is 0 Å². The molecule has 0 aromatic carbocycles. The molecule has 0 amide bonds. The summed E-state index contributed by atoms with van der Waals surface area (Å²) in [5.74, 6) is 0. The molecule has 0 spiro atoms. The number of thiophene rings is 3. The van der Waals surface area contributed by atoms with Crippen LogP contribution in [0.5, 0.6) is 0 Å². The van der Waals surface area contributed by atoms with E-state index in [0.29, 0.717) is 0 Å². The lowest BCUT2D eigenvalue weighted by molar-refractivity contribution is 1.83. The third-order valence-corrected chi connectivity index (χ3v) is 4.92. The van der Waals surface area contributed by atoms with Gasteiger partial charge in [0.25, 0.3) is 0 Å². The molecule has 0 atom stereocenters. The summed E-state index contributed by atoms with van der Waals surface area (Å²) in [6.07, 6.45) is 4.47. The summed E-state index contributed by atoms with van der Waals surface area (Å²) in [5.41, 5.74) is 0. The van der Waals surface area contributed by atoms with Crippen molar-refractivity contribution in [2.75, 3.05) is 0 Å². The highest BCUT2D eigenvalue weighted by Gasteiger charge is 1.91. The van der Waals surface area contributed by atoms with E-state index in [-0.39, 0.29) is 0 Å². The van der Waals surface area contributed by atoms with Crippen molar-refractivity contribution in [2.24, 2.45) is 0 Å². The van der Waals surface area contributed by atoms with Crippen LogP contribution in [0.3, 0.4) is 0 Å². The number of hydrogen-bond acceptors (Lipinski definition) is 3. The first-order valence-corrected chi connectivity index (χ1v) is 7.84. The Bertz CT molecular complexity index is 624. The normalized spacial score (nSPS) is 13.4. The SMILES string of the molecule is C(/c1cccs1)=c1/cc/c(=C\c2cccs2)s1. The zero-order chi connectivity index (χ0) is 11.5. The number of hydrogen-bond donors (Lipinski definition) is 0. The van der Waals surface area contributed by atoms with Crippen molar-refractivity contribution in [1.29, 1.82) is 0 Å². The molecule has 0 radical (unpaired) electrons. The van der Waals surface area contributed by atoms with Gasteiger partial charge in [0.05, 0.1) is 0 Å². The van der Waals surface area contributed by atoms with E-state index in [1.165, 1.54) is 18.8 Å². The van der Waals surface area contributed by atoms with Gasteiger partial charge < -0.3 is 0 Å². The van der Waals surface area contributed by atoms with Crippen molar-refractivity contribution in [3.8, 4) is 0 Å². The van der Waals surface area contributed by atoms with Crippen LogP contribution in [0.4, 0.5) is 0 Å². The summed E-state index contributed by atoms with van der Waals surface area (Å²) in [7, 11) is 0. The van der Waals surface area contributed by atoms with Gasteiger partial charge in [-0.25, -0.2) is 0 Å². The molecule has 0 bridgehead atoms. The molecular weight excluding hydrogens is 264 g/mol. The molecule has 3 heterocycles. The molecule has 3 rings (SSSR count). The fourth-order valence-corrected chi connectivity index (χ4v) is 3.95. The Morgan fingerprint density at radius 1 is 0.706 bits per heavy atom. The van der Waals surface area contributed by atoms with Gasteiger partial charge >= 0.3 is 0 Å². The Kier molecular flexibility index (Phi) is 3.22. The van der Waals surface area contributed by atoms with Crippen LogP contribution in [0, 0.1) is 0 Å². The second kappa shape index (κ2) is 5.00. The average molecular weight is 274 g/mol. The average Bonchev–Trinajstić information content (AvgIpc) is 3.02. The van der Waals surface area contributed by atoms with Crippen molar-refractivity contribution < 1.29 is 0 Å². The highest BCUT2D eigenvalue weighted by molar-refractivity contribution is 7.12. The first-order chi connectivity index (χ1) is 8.40. The topological polar surface area (TPSA) is 0 Å². The minimum atomic E-state index is 1.31. The molecule has 0 N–H and O–H groups in total. The third kappa shape index (κ3) is 2.75. The second-order valence-electron chi connectivity index (χ2n) is 3.56. The molecule has 0 aliphatic heterocycles. The highest BCUT2D eigenvalue weighted by atomic mass is 32.1. The van der Waals surface area contributed by atoms with Gasteiger partial charge in [0, 0.05) is 18.8 Å². The van der Waals surface area contributed by atoms with E-state index >= 15 is 0 Å². The molecule has 0 aliphatic rings. The molecule has 0 fully saturated rings. The first kappa shape index (κ1) is 11.0. The van der Waals surface area contributed by atoms with Crippen LogP contribution in [0.2, 0.25) is 0 Å². The maximum absolute atomic E-state index is 2.24. The van der Waals surface area contributed by atoms with E-state index in [1.54, 1.807) is 22.7 Å². The fraction of sp³-hybridized carbons (Fsp3) is 0. The summed E-state index contributed by atoms with van der Waals surface area (Å²) in [5, 5.41) is 4.22. The summed E-state index contributed by atoms with van der Waals surface area (Å²) >= 11 is 5.38. The lowest BCUT2D eigenvalue weighted by atomic mass is 10.4. The number of rotatable bonds is 2. The predicted octanol–water partition coefficient (Wildman–Crippen LogP) is 3.53. The smallest absolute Gasteiger partial charge is 0.0290 e. The maximum atomic E-state index is 2.24. The molecule has 3 aromatic rings. The quantitative estimate of drug-likeness (QED) is 0.670. The predicted molar refractivity (Wildman–Crippen MR) is 79.3 cm³/mol. The van der Waals surface area contributed by atoms with Gasteiger partial charge in [-0.05, 0) is 47.2 Å². The largest absolute Gasteiger partial charge is 0.144 e. The summed E-state index contributed by atoms with van der Waals surface area (Å²) in [4.78, 5) is 2.63. The Labute approximate surface area is 112 Å². The van der Waals surface area contributed by atoms with Crippen LogP contribution in [-0.2, 0) is 0 Å². The van der Waals surface area contributed by atoms with E-state index in [2.05, 4.69) is 59.3 Å². The van der Waals surface area contributed by atoms with E-state index in [9.17, 15) is 0 Å².